The highest BCUT2D eigenvalue weighted by Gasteiger charge is 2.06. The van der Waals surface area contributed by atoms with Crippen molar-refractivity contribution in [2.75, 3.05) is 4.43 Å². The van der Waals surface area contributed by atoms with Gasteiger partial charge in [0.2, 0.25) is 0 Å². The van der Waals surface area contributed by atoms with Gasteiger partial charge in [-0.05, 0) is 36.1 Å². The van der Waals surface area contributed by atoms with Crippen LogP contribution in [0.15, 0.2) is 22.7 Å². The predicted molar refractivity (Wildman–Crippen MR) is 66.2 cm³/mol. The highest BCUT2D eigenvalue weighted by molar-refractivity contribution is 14.1. The maximum Gasteiger partial charge on any atom is 0.0178 e. The second kappa shape index (κ2) is 4.61. The van der Waals surface area contributed by atoms with E-state index < -0.39 is 0 Å². The fourth-order valence-electron chi connectivity index (χ4n) is 1.28. The van der Waals surface area contributed by atoms with Gasteiger partial charge in [-0.1, -0.05) is 51.5 Å². The Morgan fingerprint density at radius 1 is 1.50 bits per heavy atom. The van der Waals surface area contributed by atoms with E-state index >= 15 is 0 Å². The summed E-state index contributed by atoms with van der Waals surface area (Å²) in [6, 6.07) is 6.51. The van der Waals surface area contributed by atoms with Crippen molar-refractivity contribution in [1.82, 2.24) is 0 Å². The number of benzene rings is 1. The molecule has 0 radical (unpaired) electrons. The second-order valence-corrected chi connectivity index (χ2v) is 4.85. The quantitative estimate of drug-likeness (QED) is 0.557. The highest BCUT2D eigenvalue weighted by atomic mass is 127. The summed E-state index contributed by atoms with van der Waals surface area (Å²) >= 11 is 5.90. The van der Waals surface area contributed by atoms with Crippen LogP contribution in [0.3, 0.4) is 0 Å². The van der Waals surface area contributed by atoms with E-state index in [4.69, 9.17) is 0 Å². The van der Waals surface area contributed by atoms with E-state index in [0.717, 1.165) is 0 Å². The zero-order valence-electron chi connectivity index (χ0n) is 7.27. The Hall–Kier alpha value is 0.430. The first-order valence-electron chi connectivity index (χ1n) is 3.97. The molecule has 66 valence electrons. The van der Waals surface area contributed by atoms with Gasteiger partial charge in [0.1, 0.15) is 0 Å². The van der Waals surface area contributed by atoms with Crippen molar-refractivity contribution in [3.8, 4) is 0 Å². The van der Waals surface area contributed by atoms with Gasteiger partial charge in [0.05, 0.1) is 0 Å². The van der Waals surface area contributed by atoms with Crippen LogP contribution in [0.1, 0.15) is 24.0 Å². The predicted octanol–water partition coefficient (Wildman–Crippen LogP) is 4.30. The normalized spacial score (nSPS) is 13.0. The van der Waals surface area contributed by atoms with E-state index in [1.54, 1.807) is 0 Å². The molecule has 0 aliphatic rings. The number of alkyl halides is 1. The van der Waals surface area contributed by atoms with Crippen molar-refractivity contribution >= 4 is 38.5 Å². The fraction of sp³-hybridized carbons (Fsp3) is 0.400. The Labute approximate surface area is 96.0 Å². The van der Waals surface area contributed by atoms with E-state index in [9.17, 15) is 0 Å². The van der Waals surface area contributed by atoms with Gasteiger partial charge in [-0.3, -0.25) is 0 Å². The van der Waals surface area contributed by atoms with Crippen molar-refractivity contribution in [1.29, 1.82) is 0 Å². The molecule has 0 aromatic heterocycles. The van der Waals surface area contributed by atoms with Crippen LogP contribution in [-0.2, 0) is 0 Å². The molecule has 1 aromatic carbocycles. The summed E-state index contributed by atoms with van der Waals surface area (Å²) in [6.07, 6.45) is 0. The topological polar surface area (TPSA) is 0 Å². The minimum atomic E-state index is 0.665. The molecule has 0 aliphatic carbocycles. The van der Waals surface area contributed by atoms with Crippen LogP contribution in [0.2, 0.25) is 0 Å². The number of halogens is 2. The van der Waals surface area contributed by atoms with Crippen molar-refractivity contribution in [3.63, 3.8) is 0 Å². The first kappa shape index (κ1) is 10.5. The van der Waals surface area contributed by atoms with E-state index in [0.29, 0.717) is 5.92 Å². The molecule has 1 aromatic rings. The third kappa shape index (κ3) is 2.46. The van der Waals surface area contributed by atoms with Gasteiger partial charge >= 0.3 is 0 Å². The van der Waals surface area contributed by atoms with Gasteiger partial charge in [0, 0.05) is 8.90 Å². The van der Waals surface area contributed by atoms with E-state index in [-0.39, 0.29) is 0 Å². The lowest BCUT2D eigenvalue weighted by Crippen LogP contribution is -1.96. The Kier molecular flexibility index (Phi) is 4.03. The lowest BCUT2D eigenvalue weighted by atomic mass is 9.98. The third-order valence-electron chi connectivity index (χ3n) is 1.99. The monoisotopic (exact) mass is 338 g/mol. The molecule has 0 bridgehead atoms. The molecule has 0 spiro atoms. The molecule has 0 heterocycles. The molecule has 0 amide bonds. The van der Waals surface area contributed by atoms with Gasteiger partial charge in [0.15, 0.2) is 0 Å². The SMILES string of the molecule is Cc1cc(Br)ccc1[C@@H](C)CI. The molecule has 12 heavy (non-hydrogen) atoms. The van der Waals surface area contributed by atoms with Crippen LogP contribution in [0, 0.1) is 6.92 Å². The summed E-state index contributed by atoms with van der Waals surface area (Å²) in [6.45, 7) is 4.44. The molecular weight excluding hydrogens is 327 g/mol. The minimum Gasteiger partial charge on any atom is -0.0857 e. The highest BCUT2D eigenvalue weighted by Crippen LogP contribution is 2.24. The molecule has 0 unspecified atom stereocenters. The average molecular weight is 339 g/mol. The van der Waals surface area contributed by atoms with Gasteiger partial charge in [0.25, 0.3) is 0 Å². The summed E-state index contributed by atoms with van der Waals surface area (Å²) in [7, 11) is 0. The van der Waals surface area contributed by atoms with Crippen molar-refractivity contribution in [2.45, 2.75) is 19.8 Å². The zero-order valence-corrected chi connectivity index (χ0v) is 11.0. The summed E-state index contributed by atoms with van der Waals surface area (Å²) in [5.41, 5.74) is 2.85. The van der Waals surface area contributed by atoms with Crippen LogP contribution in [0.25, 0.3) is 0 Å². The van der Waals surface area contributed by atoms with Crippen LogP contribution in [0.4, 0.5) is 0 Å². The van der Waals surface area contributed by atoms with Crippen LogP contribution in [-0.4, -0.2) is 4.43 Å². The van der Waals surface area contributed by atoms with Crippen LogP contribution in [0.5, 0.6) is 0 Å². The molecule has 0 aliphatic heterocycles. The van der Waals surface area contributed by atoms with Crippen LogP contribution >= 0.6 is 38.5 Å². The summed E-state index contributed by atoms with van der Waals surface area (Å²) in [4.78, 5) is 0. The van der Waals surface area contributed by atoms with Crippen molar-refractivity contribution in [3.05, 3.63) is 33.8 Å². The number of aryl methyl sites for hydroxylation is 1. The van der Waals surface area contributed by atoms with E-state index in [1.165, 1.54) is 20.0 Å². The third-order valence-corrected chi connectivity index (χ3v) is 3.81. The smallest absolute Gasteiger partial charge is 0.0178 e. The minimum absolute atomic E-state index is 0.665. The van der Waals surface area contributed by atoms with Gasteiger partial charge in [-0.25, -0.2) is 0 Å². The molecule has 0 saturated carbocycles. The van der Waals surface area contributed by atoms with Gasteiger partial charge in [-0.2, -0.15) is 0 Å². The zero-order chi connectivity index (χ0) is 9.14. The number of hydrogen-bond donors (Lipinski definition) is 0. The van der Waals surface area contributed by atoms with E-state index in [2.05, 4.69) is 70.6 Å². The maximum atomic E-state index is 3.47. The fourth-order valence-corrected chi connectivity index (χ4v) is 2.23. The molecule has 0 nitrogen and oxygen atoms in total. The van der Waals surface area contributed by atoms with Crippen molar-refractivity contribution in [2.24, 2.45) is 0 Å². The lowest BCUT2D eigenvalue weighted by molar-refractivity contribution is 0.883. The standard InChI is InChI=1S/C10H12BrI/c1-7-5-9(11)3-4-10(7)8(2)6-12/h3-5,8H,6H2,1-2H3/t8-/m0/s1. The Bertz CT molecular complexity index is 271. The van der Waals surface area contributed by atoms with Crippen molar-refractivity contribution < 1.29 is 0 Å². The first-order chi connectivity index (χ1) is 5.65. The van der Waals surface area contributed by atoms with Gasteiger partial charge in [-0.15, -0.1) is 0 Å². The summed E-state index contributed by atoms with van der Waals surface area (Å²) in [5.74, 6) is 0.665. The summed E-state index contributed by atoms with van der Waals surface area (Å²) < 4.78 is 2.35. The Balaban J connectivity index is 3.01. The number of hydrogen-bond acceptors (Lipinski definition) is 0. The molecule has 0 saturated heterocycles. The Morgan fingerprint density at radius 3 is 2.67 bits per heavy atom. The first-order valence-corrected chi connectivity index (χ1v) is 6.29. The molecule has 0 N–H and O–H groups in total. The molecule has 0 fully saturated rings. The molecular formula is C10H12BrI. The Morgan fingerprint density at radius 2 is 2.17 bits per heavy atom. The largest absolute Gasteiger partial charge is 0.0857 e. The van der Waals surface area contributed by atoms with E-state index in [1.807, 2.05) is 0 Å². The van der Waals surface area contributed by atoms with Gasteiger partial charge < -0.3 is 0 Å². The second-order valence-electron chi connectivity index (χ2n) is 3.06. The molecule has 1 rings (SSSR count). The number of rotatable bonds is 2. The average Bonchev–Trinajstić information content (AvgIpc) is 2.03. The molecule has 1 atom stereocenters. The maximum absolute atomic E-state index is 3.47. The molecule has 2 heteroatoms. The van der Waals surface area contributed by atoms with Crippen LogP contribution < -0.4 is 0 Å². The summed E-state index contributed by atoms with van der Waals surface area (Å²) in [5, 5.41) is 0. The lowest BCUT2D eigenvalue weighted by Gasteiger charge is -2.11.